The molecule has 0 fully saturated rings. The van der Waals surface area contributed by atoms with E-state index in [1.807, 2.05) is 53.3 Å². The first-order valence-electron chi connectivity index (χ1n) is 8.00. The minimum absolute atomic E-state index is 0.0770. The molecule has 5 nitrogen and oxygen atoms in total. The number of benzene rings is 1. The molecule has 2 heterocycles. The summed E-state index contributed by atoms with van der Waals surface area (Å²) in [5.74, 6) is 1.59. The lowest BCUT2D eigenvalue weighted by molar-refractivity contribution is -0.121. The molecular formula is C18H19ClN4OS. The molecule has 0 aliphatic carbocycles. The molecule has 2 aromatic heterocycles. The minimum atomic E-state index is -0.195. The Hall–Kier alpha value is -2.05. The van der Waals surface area contributed by atoms with Crippen molar-refractivity contribution >= 4 is 34.9 Å². The van der Waals surface area contributed by atoms with Gasteiger partial charge in [0.2, 0.25) is 5.91 Å². The summed E-state index contributed by atoms with van der Waals surface area (Å²) >= 11 is 7.89. The summed E-state index contributed by atoms with van der Waals surface area (Å²) in [6.45, 7) is 0. The van der Waals surface area contributed by atoms with Crippen LogP contribution in [0.1, 0.15) is 23.9 Å². The largest absolute Gasteiger partial charge is 0.346 e. The summed E-state index contributed by atoms with van der Waals surface area (Å²) < 4.78 is 1.92. The Morgan fingerprint density at radius 3 is 2.84 bits per heavy atom. The SMILES string of the molecule is CSCC[C@@H](NC(=O)Cc1ccccc1Cl)c1nnc2ccccn12. The second-order valence-corrected chi connectivity index (χ2v) is 7.05. The lowest BCUT2D eigenvalue weighted by Gasteiger charge is -2.17. The van der Waals surface area contributed by atoms with Crippen LogP contribution in [0.15, 0.2) is 48.7 Å². The maximum atomic E-state index is 12.5. The van der Waals surface area contributed by atoms with Gasteiger partial charge in [-0.2, -0.15) is 11.8 Å². The highest BCUT2D eigenvalue weighted by molar-refractivity contribution is 7.98. The summed E-state index contributed by atoms with van der Waals surface area (Å²) in [5, 5.41) is 12.2. The Bertz CT molecular complexity index is 867. The molecule has 1 atom stereocenters. The van der Waals surface area contributed by atoms with Crippen LogP contribution < -0.4 is 5.32 Å². The van der Waals surface area contributed by atoms with E-state index in [1.165, 1.54) is 0 Å². The molecule has 0 bridgehead atoms. The number of nitrogens with one attached hydrogen (secondary N) is 1. The molecule has 3 rings (SSSR count). The number of carbonyl (C=O) groups excluding carboxylic acids is 1. The molecule has 1 N–H and O–H groups in total. The number of nitrogens with zero attached hydrogens (tertiary/aromatic N) is 3. The van der Waals surface area contributed by atoms with E-state index >= 15 is 0 Å². The molecule has 1 amide bonds. The fraction of sp³-hybridized carbons (Fsp3) is 0.278. The van der Waals surface area contributed by atoms with Gasteiger partial charge in [0.05, 0.1) is 12.5 Å². The van der Waals surface area contributed by atoms with E-state index in [0.29, 0.717) is 5.02 Å². The number of hydrogen-bond donors (Lipinski definition) is 1. The van der Waals surface area contributed by atoms with Gasteiger partial charge in [0.25, 0.3) is 0 Å². The molecule has 0 radical (unpaired) electrons. The normalized spacial score (nSPS) is 12.2. The van der Waals surface area contributed by atoms with Gasteiger partial charge in [-0.3, -0.25) is 9.20 Å². The number of thioether (sulfide) groups is 1. The first kappa shape index (κ1) is 17.8. The molecule has 0 saturated carbocycles. The van der Waals surface area contributed by atoms with Gasteiger partial charge >= 0.3 is 0 Å². The maximum Gasteiger partial charge on any atom is 0.225 e. The second-order valence-electron chi connectivity index (χ2n) is 5.66. The number of hydrogen-bond acceptors (Lipinski definition) is 4. The Kier molecular flexibility index (Phi) is 5.94. The molecule has 0 saturated heterocycles. The highest BCUT2D eigenvalue weighted by Gasteiger charge is 2.20. The topological polar surface area (TPSA) is 59.3 Å². The molecule has 0 aliphatic rings. The van der Waals surface area contributed by atoms with Gasteiger partial charge in [-0.15, -0.1) is 10.2 Å². The van der Waals surface area contributed by atoms with Crippen LogP contribution in [0.3, 0.4) is 0 Å². The number of carbonyl (C=O) groups is 1. The number of amides is 1. The highest BCUT2D eigenvalue weighted by atomic mass is 35.5. The first-order valence-corrected chi connectivity index (χ1v) is 9.77. The molecular weight excluding hydrogens is 356 g/mol. The summed E-state index contributed by atoms with van der Waals surface area (Å²) in [6, 6.07) is 12.9. The van der Waals surface area contributed by atoms with E-state index in [9.17, 15) is 4.79 Å². The summed E-state index contributed by atoms with van der Waals surface area (Å²) in [6.07, 6.45) is 4.98. The van der Waals surface area contributed by atoms with Gasteiger partial charge in [0.15, 0.2) is 11.5 Å². The van der Waals surface area contributed by atoms with Gasteiger partial charge in [-0.1, -0.05) is 35.9 Å². The summed E-state index contributed by atoms with van der Waals surface area (Å²) in [4.78, 5) is 12.5. The fourth-order valence-corrected chi connectivity index (χ4v) is 3.33. The van der Waals surface area contributed by atoms with Gasteiger partial charge in [0, 0.05) is 11.2 Å². The smallest absolute Gasteiger partial charge is 0.225 e. The fourth-order valence-electron chi connectivity index (χ4n) is 2.66. The predicted molar refractivity (Wildman–Crippen MR) is 102 cm³/mol. The van der Waals surface area contributed by atoms with Crippen LogP contribution >= 0.6 is 23.4 Å². The molecule has 130 valence electrons. The zero-order valence-electron chi connectivity index (χ0n) is 13.9. The second kappa shape index (κ2) is 8.36. The Labute approximate surface area is 155 Å². The quantitative estimate of drug-likeness (QED) is 0.687. The Morgan fingerprint density at radius 2 is 2.04 bits per heavy atom. The van der Waals surface area contributed by atoms with E-state index in [0.717, 1.165) is 29.2 Å². The molecule has 7 heteroatoms. The number of pyridine rings is 1. The van der Waals surface area contributed by atoms with Crippen LogP contribution in [0.2, 0.25) is 5.02 Å². The van der Waals surface area contributed by atoms with Gasteiger partial charge in [-0.25, -0.2) is 0 Å². The predicted octanol–water partition coefficient (Wildman–Crippen LogP) is 3.54. The van der Waals surface area contributed by atoms with Crippen molar-refractivity contribution in [1.82, 2.24) is 19.9 Å². The van der Waals surface area contributed by atoms with Crippen LogP contribution in [0.4, 0.5) is 0 Å². The van der Waals surface area contributed by atoms with Gasteiger partial charge in [-0.05, 0) is 42.2 Å². The number of rotatable bonds is 7. The molecule has 1 aromatic carbocycles. The van der Waals surface area contributed by atoms with Crippen LogP contribution in [0.5, 0.6) is 0 Å². The summed E-state index contributed by atoms with van der Waals surface area (Å²) in [7, 11) is 0. The van der Waals surface area contributed by atoms with Gasteiger partial charge < -0.3 is 5.32 Å². The van der Waals surface area contributed by atoms with E-state index in [-0.39, 0.29) is 18.4 Å². The third kappa shape index (κ3) is 4.32. The minimum Gasteiger partial charge on any atom is -0.346 e. The molecule has 25 heavy (non-hydrogen) atoms. The van der Waals surface area contributed by atoms with E-state index in [2.05, 4.69) is 15.5 Å². The number of fused-ring (bicyclic) bond motifs is 1. The van der Waals surface area contributed by atoms with Crippen molar-refractivity contribution in [1.29, 1.82) is 0 Å². The van der Waals surface area contributed by atoms with Crippen molar-refractivity contribution in [2.45, 2.75) is 18.9 Å². The molecule has 0 spiro atoms. The van der Waals surface area contributed by atoms with Crippen molar-refractivity contribution in [3.8, 4) is 0 Å². The van der Waals surface area contributed by atoms with Gasteiger partial charge in [0.1, 0.15) is 0 Å². The maximum absolute atomic E-state index is 12.5. The Balaban J connectivity index is 1.79. The third-order valence-electron chi connectivity index (χ3n) is 3.91. The monoisotopic (exact) mass is 374 g/mol. The van der Waals surface area contributed by atoms with Crippen molar-refractivity contribution in [3.63, 3.8) is 0 Å². The van der Waals surface area contributed by atoms with Crippen molar-refractivity contribution in [2.24, 2.45) is 0 Å². The lowest BCUT2D eigenvalue weighted by Crippen LogP contribution is -2.31. The zero-order valence-corrected chi connectivity index (χ0v) is 15.4. The van der Waals surface area contributed by atoms with E-state index in [4.69, 9.17) is 11.6 Å². The average Bonchev–Trinajstić information content (AvgIpc) is 3.04. The average molecular weight is 375 g/mol. The molecule has 0 unspecified atom stereocenters. The van der Waals surface area contributed by atoms with Crippen LogP contribution in [0.25, 0.3) is 5.65 Å². The van der Waals surface area contributed by atoms with Crippen molar-refractivity contribution in [2.75, 3.05) is 12.0 Å². The standard InChI is InChI=1S/C18H19ClN4OS/c1-25-11-9-15(18-22-21-16-8-4-5-10-23(16)18)20-17(24)12-13-6-2-3-7-14(13)19/h2-8,10,15H,9,11-12H2,1H3,(H,20,24)/t15-/m1/s1. The third-order valence-corrected chi connectivity index (χ3v) is 4.92. The van der Waals surface area contributed by atoms with E-state index in [1.54, 1.807) is 17.8 Å². The number of aromatic nitrogens is 3. The van der Waals surface area contributed by atoms with Crippen LogP contribution in [0, 0.1) is 0 Å². The van der Waals surface area contributed by atoms with Crippen molar-refractivity contribution in [3.05, 3.63) is 65.1 Å². The molecule has 3 aromatic rings. The zero-order chi connectivity index (χ0) is 17.6. The summed E-state index contributed by atoms with van der Waals surface area (Å²) in [5.41, 5.74) is 1.59. The van der Waals surface area contributed by atoms with Crippen LogP contribution in [-0.4, -0.2) is 32.5 Å². The Morgan fingerprint density at radius 1 is 1.24 bits per heavy atom. The number of halogens is 1. The lowest BCUT2D eigenvalue weighted by atomic mass is 10.1. The highest BCUT2D eigenvalue weighted by Crippen LogP contribution is 2.20. The van der Waals surface area contributed by atoms with Crippen molar-refractivity contribution < 1.29 is 4.79 Å². The molecule has 0 aliphatic heterocycles. The first-order chi connectivity index (χ1) is 12.2. The van der Waals surface area contributed by atoms with E-state index < -0.39 is 0 Å². The van der Waals surface area contributed by atoms with Crippen LogP contribution in [-0.2, 0) is 11.2 Å².